The van der Waals surface area contributed by atoms with E-state index in [1.54, 1.807) is 18.5 Å². The van der Waals surface area contributed by atoms with Gasteiger partial charge in [0.1, 0.15) is 17.2 Å². The van der Waals surface area contributed by atoms with Crippen LogP contribution in [0.25, 0.3) is 11.0 Å². The average molecular weight is 276 g/mol. The second-order valence-corrected chi connectivity index (χ2v) is 4.51. The van der Waals surface area contributed by atoms with Crippen LogP contribution in [0, 0.1) is 5.82 Å². The molecular weight excluding hydrogens is 265 g/mol. The smallest absolute Gasteiger partial charge is 0.125 e. The number of imidazole rings is 1. The first-order valence-electron chi connectivity index (χ1n) is 5.87. The molecule has 19 heavy (non-hydrogen) atoms. The van der Waals surface area contributed by atoms with Crippen molar-refractivity contribution in [1.29, 1.82) is 0 Å². The van der Waals surface area contributed by atoms with Crippen molar-refractivity contribution in [3.8, 4) is 0 Å². The van der Waals surface area contributed by atoms with Gasteiger partial charge in [0.05, 0.1) is 17.6 Å². The predicted molar refractivity (Wildman–Crippen MR) is 72.6 cm³/mol. The molecule has 0 fully saturated rings. The fourth-order valence-electron chi connectivity index (χ4n) is 2.13. The van der Waals surface area contributed by atoms with Gasteiger partial charge in [-0.1, -0.05) is 12.1 Å². The number of benzene rings is 1. The summed E-state index contributed by atoms with van der Waals surface area (Å²) >= 11 is 5.92. The molecule has 0 amide bonds. The maximum atomic E-state index is 13.2. The van der Waals surface area contributed by atoms with Crippen LogP contribution in [0.4, 0.5) is 4.39 Å². The molecule has 2 aromatic heterocycles. The molecule has 0 bridgehead atoms. The zero-order chi connectivity index (χ0) is 13.2. The number of halogens is 2. The molecule has 0 N–H and O–H groups in total. The minimum Gasteiger partial charge on any atom is -0.322 e. The molecule has 3 aromatic rings. The monoisotopic (exact) mass is 275 g/mol. The summed E-state index contributed by atoms with van der Waals surface area (Å²) in [5.74, 6) is 0.828. The van der Waals surface area contributed by atoms with Gasteiger partial charge in [-0.2, -0.15) is 0 Å². The Bertz CT molecular complexity index is 724. The van der Waals surface area contributed by atoms with Crippen molar-refractivity contribution in [2.45, 2.75) is 12.4 Å². The Hall–Kier alpha value is -1.94. The highest BCUT2D eigenvalue weighted by Crippen LogP contribution is 2.18. The van der Waals surface area contributed by atoms with Crippen molar-refractivity contribution in [2.75, 3.05) is 0 Å². The lowest BCUT2D eigenvalue weighted by Gasteiger charge is -2.07. The first kappa shape index (κ1) is 12.1. The van der Waals surface area contributed by atoms with Crippen LogP contribution in [-0.2, 0) is 12.4 Å². The topological polar surface area (TPSA) is 30.7 Å². The highest BCUT2D eigenvalue weighted by atomic mass is 35.5. The van der Waals surface area contributed by atoms with Gasteiger partial charge in [0, 0.05) is 12.7 Å². The summed E-state index contributed by atoms with van der Waals surface area (Å²) in [5, 5.41) is 0. The van der Waals surface area contributed by atoms with Gasteiger partial charge in [-0.15, -0.1) is 11.6 Å². The Balaban J connectivity index is 2.08. The van der Waals surface area contributed by atoms with Crippen molar-refractivity contribution >= 4 is 22.6 Å². The molecule has 0 saturated carbocycles. The number of hydrogen-bond acceptors (Lipinski definition) is 2. The molecule has 2 heterocycles. The van der Waals surface area contributed by atoms with E-state index in [9.17, 15) is 4.39 Å². The number of alkyl halides is 1. The zero-order valence-electron chi connectivity index (χ0n) is 10.1. The molecule has 5 heteroatoms. The second-order valence-electron chi connectivity index (χ2n) is 4.24. The van der Waals surface area contributed by atoms with Gasteiger partial charge in [0.2, 0.25) is 0 Å². The first-order chi connectivity index (χ1) is 9.28. The average Bonchev–Trinajstić information content (AvgIpc) is 2.77. The Morgan fingerprint density at radius 3 is 2.95 bits per heavy atom. The van der Waals surface area contributed by atoms with Gasteiger partial charge in [-0.25, -0.2) is 9.37 Å². The Labute approximate surface area is 114 Å². The van der Waals surface area contributed by atoms with Gasteiger partial charge >= 0.3 is 0 Å². The van der Waals surface area contributed by atoms with Crippen LogP contribution >= 0.6 is 11.6 Å². The van der Waals surface area contributed by atoms with Crippen molar-refractivity contribution in [1.82, 2.24) is 14.5 Å². The van der Waals surface area contributed by atoms with Crippen LogP contribution in [0.1, 0.15) is 11.4 Å². The van der Waals surface area contributed by atoms with Crippen LogP contribution in [0.3, 0.4) is 0 Å². The lowest BCUT2D eigenvalue weighted by atomic mass is 10.2. The summed E-state index contributed by atoms with van der Waals surface area (Å²) in [6.07, 6.45) is 3.41. The maximum Gasteiger partial charge on any atom is 0.125 e. The summed E-state index contributed by atoms with van der Waals surface area (Å²) in [5.41, 5.74) is 2.63. The van der Waals surface area contributed by atoms with E-state index in [1.807, 2.05) is 16.7 Å². The number of fused-ring (bicyclic) bond motifs is 1. The van der Waals surface area contributed by atoms with Crippen LogP contribution in [-0.4, -0.2) is 14.5 Å². The first-order valence-corrected chi connectivity index (χ1v) is 6.41. The molecule has 0 unspecified atom stereocenters. The molecule has 3 rings (SSSR count). The van der Waals surface area contributed by atoms with E-state index in [2.05, 4.69) is 9.97 Å². The summed E-state index contributed by atoms with van der Waals surface area (Å²) in [6.45, 7) is 0.542. The third kappa shape index (κ3) is 2.31. The lowest BCUT2D eigenvalue weighted by Crippen LogP contribution is -2.04. The fraction of sp³-hybridized carbons (Fsp3) is 0.143. The van der Waals surface area contributed by atoms with Crippen molar-refractivity contribution in [3.63, 3.8) is 0 Å². The van der Waals surface area contributed by atoms with E-state index in [0.717, 1.165) is 22.4 Å². The molecule has 0 atom stereocenters. The highest BCUT2D eigenvalue weighted by molar-refractivity contribution is 6.16. The fourth-order valence-corrected chi connectivity index (χ4v) is 2.33. The molecular formula is C14H11ClFN3. The molecule has 96 valence electrons. The Kier molecular flexibility index (Phi) is 3.17. The van der Waals surface area contributed by atoms with Gasteiger partial charge in [-0.3, -0.25) is 4.98 Å². The Morgan fingerprint density at radius 2 is 2.16 bits per heavy atom. The van der Waals surface area contributed by atoms with Gasteiger partial charge in [0.15, 0.2) is 0 Å². The van der Waals surface area contributed by atoms with Gasteiger partial charge in [0.25, 0.3) is 0 Å². The highest BCUT2D eigenvalue weighted by Gasteiger charge is 2.10. The summed E-state index contributed by atoms with van der Waals surface area (Å²) in [4.78, 5) is 8.47. The third-order valence-corrected chi connectivity index (χ3v) is 3.22. The molecule has 0 saturated heterocycles. The van der Waals surface area contributed by atoms with E-state index in [4.69, 9.17) is 11.6 Å². The molecule has 0 aliphatic carbocycles. The minimum absolute atomic E-state index is 0.240. The van der Waals surface area contributed by atoms with Crippen LogP contribution in [0.15, 0.2) is 42.7 Å². The standard InChI is InChI=1S/C14H11ClFN3/c15-7-14-18-12-8-17-5-4-13(12)19(14)9-10-2-1-3-11(16)6-10/h1-6,8H,7,9H2. The number of hydrogen-bond donors (Lipinski definition) is 0. The maximum absolute atomic E-state index is 13.2. The second kappa shape index (κ2) is 4.97. The molecule has 0 spiro atoms. The van der Waals surface area contributed by atoms with Crippen LogP contribution in [0.2, 0.25) is 0 Å². The van der Waals surface area contributed by atoms with E-state index in [0.29, 0.717) is 12.4 Å². The Morgan fingerprint density at radius 1 is 1.26 bits per heavy atom. The summed E-state index contributed by atoms with van der Waals surface area (Å²) in [7, 11) is 0. The van der Waals surface area contributed by atoms with E-state index >= 15 is 0 Å². The third-order valence-electron chi connectivity index (χ3n) is 2.98. The quantitative estimate of drug-likeness (QED) is 0.686. The van der Waals surface area contributed by atoms with Crippen LogP contribution < -0.4 is 0 Å². The SMILES string of the molecule is Fc1cccc(Cn2c(CCl)nc3cnccc32)c1. The van der Waals surface area contributed by atoms with E-state index < -0.39 is 0 Å². The lowest BCUT2D eigenvalue weighted by molar-refractivity contribution is 0.623. The van der Waals surface area contributed by atoms with Gasteiger partial charge < -0.3 is 4.57 Å². The minimum atomic E-state index is -0.240. The van der Waals surface area contributed by atoms with E-state index in [1.165, 1.54) is 12.1 Å². The van der Waals surface area contributed by atoms with Crippen LogP contribution in [0.5, 0.6) is 0 Å². The van der Waals surface area contributed by atoms with Gasteiger partial charge in [-0.05, 0) is 23.8 Å². The van der Waals surface area contributed by atoms with Crippen molar-refractivity contribution in [3.05, 3.63) is 59.9 Å². The normalized spacial score (nSPS) is 11.1. The van der Waals surface area contributed by atoms with Crippen molar-refractivity contribution in [2.24, 2.45) is 0 Å². The number of nitrogens with zero attached hydrogens (tertiary/aromatic N) is 3. The number of aromatic nitrogens is 3. The molecule has 0 aliphatic rings. The number of pyridine rings is 1. The van der Waals surface area contributed by atoms with E-state index in [-0.39, 0.29) is 5.82 Å². The molecule has 0 aliphatic heterocycles. The van der Waals surface area contributed by atoms with Crippen molar-refractivity contribution < 1.29 is 4.39 Å². The molecule has 3 nitrogen and oxygen atoms in total. The predicted octanol–water partition coefficient (Wildman–Crippen LogP) is 3.36. The number of rotatable bonds is 3. The zero-order valence-corrected chi connectivity index (χ0v) is 10.8. The summed E-state index contributed by atoms with van der Waals surface area (Å²) in [6, 6.07) is 8.42. The summed E-state index contributed by atoms with van der Waals surface area (Å²) < 4.78 is 15.2. The molecule has 0 radical (unpaired) electrons. The molecule has 1 aromatic carbocycles. The largest absolute Gasteiger partial charge is 0.322 e.